The van der Waals surface area contributed by atoms with Crippen LogP contribution in [0.1, 0.15) is 23.3 Å². The number of piperidine rings is 1. The minimum absolute atomic E-state index is 0.0222. The van der Waals surface area contributed by atoms with Crippen LogP contribution in [0.15, 0.2) is 29.3 Å². The Labute approximate surface area is 172 Å². The van der Waals surface area contributed by atoms with E-state index in [0.29, 0.717) is 0 Å². The van der Waals surface area contributed by atoms with E-state index >= 15 is 0 Å². The zero-order valence-corrected chi connectivity index (χ0v) is 17.1. The lowest BCUT2D eigenvalue weighted by atomic mass is 9.91. The minimum atomic E-state index is -3.90. The smallest absolute Gasteiger partial charge is 0.276 e. The van der Waals surface area contributed by atoms with Gasteiger partial charge in [-0.25, -0.2) is 21.9 Å². The number of fused-ring (bicyclic) bond motifs is 1. The van der Waals surface area contributed by atoms with E-state index in [9.17, 15) is 22.0 Å². The number of benzene rings is 1. The fraction of sp³-hybridized carbons (Fsp3) is 0.421. The van der Waals surface area contributed by atoms with Crippen molar-refractivity contribution in [2.24, 2.45) is 13.0 Å². The van der Waals surface area contributed by atoms with Gasteiger partial charge in [0.2, 0.25) is 10.0 Å². The van der Waals surface area contributed by atoms with Gasteiger partial charge in [-0.2, -0.15) is 0 Å². The second kappa shape index (κ2) is 7.97. The number of rotatable bonds is 3. The van der Waals surface area contributed by atoms with Gasteiger partial charge in [-0.3, -0.25) is 4.79 Å². The second-order valence-electron chi connectivity index (χ2n) is 7.49. The van der Waals surface area contributed by atoms with E-state index in [2.05, 4.69) is 15.4 Å². The summed E-state index contributed by atoms with van der Waals surface area (Å²) in [5, 5.41) is 5.70. The molecular weight excluding hydrogens is 418 g/mol. The van der Waals surface area contributed by atoms with Gasteiger partial charge in [0.05, 0.1) is 6.04 Å². The maximum absolute atomic E-state index is 13.5. The Kier molecular flexibility index (Phi) is 5.51. The molecule has 0 bridgehead atoms. The van der Waals surface area contributed by atoms with E-state index in [1.807, 2.05) is 0 Å². The number of carbonyl (C=O) groups excluding carboxylic acids is 1. The number of aromatic nitrogens is 1. The monoisotopic (exact) mass is 440 g/mol. The zero-order chi connectivity index (χ0) is 21.5. The molecule has 1 fully saturated rings. The van der Waals surface area contributed by atoms with Crippen LogP contribution in [-0.4, -0.2) is 44.6 Å². The molecule has 1 aromatic carbocycles. The van der Waals surface area contributed by atoms with Crippen molar-refractivity contribution < 1.29 is 26.7 Å². The van der Waals surface area contributed by atoms with Crippen LogP contribution in [0, 0.1) is 17.6 Å². The molecule has 1 amide bonds. The number of nitrogens with one attached hydrogen (secondary N) is 3. The summed E-state index contributed by atoms with van der Waals surface area (Å²) < 4.78 is 62.3. The van der Waals surface area contributed by atoms with E-state index in [-0.39, 0.29) is 34.6 Å². The van der Waals surface area contributed by atoms with E-state index < -0.39 is 33.6 Å². The topological polar surface area (TPSA) is 101 Å². The number of aryl methyl sites for hydroxylation is 1. The number of ether oxygens (including phenoxy) is 1. The molecule has 3 N–H and O–H groups in total. The second-order valence-corrected chi connectivity index (χ2v) is 9.17. The molecule has 0 aliphatic carbocycles. The van der Waals surface area contributed by atoms with Gasteiger partial charge in [0.25, 0.3) is 5.91 Å². The van der Waals surface area contributed by atoms with Gasteiger partial charge in [0.1, 0.15) is 11.5 Å². The predicted molar refractivity (Wildman–Crippen MR) is 105 cm³/mol. The van der Waals surface area contributed by atoms with Crippen molar-refractivity contribution >= 4 is 21.6 Å². The Morgan fingerprint density at radius 3 is 2.67 bits per heavy atom. The van der Waals surface area contributed by atoms with Crippen molar-refractivity contribution in [1.29, 1.82) is 0 Å². The highest BCUT2D eigenvalue weighted by molar-refractivity contribution is 7.89. The van der Waals surface area contributed by atoms with Crippen molar-refractivity contribution in [3.05, 3.63) is 41.7 Å². The highest BCUT2D eigenvalue weighted by Gasteiger charge is 2.37. The Bertz CT molecular complexity index is 1080. The van der Waals surface area contributed by atoms with Gasteiger partial charge in [0, 0.05) is 25.0 Å². The summed E-state index contributed by atoms with van der Waals surface area (Å²) >= 11 is 0. The summed E-state index contributed by atoms with van der Waals surface area (Å²) in [7, 11) is -2.39. The fourth-order valence-corrected chi connectivity index (χ4v) is 5.37. The molecule has 162 valence electrons. The van der Waals surface area contributed by atoms with Crippen molar-refractivity contribution in [2.75, 3.05) is 25.0 Å². The lowest BCUT2D eigenvalue weighted by Gasteiger charge is -2.29. The number of halogens is 2. The molecular formula is C19H22F2N4O4S. The normalized spacial score (nSPS) is 21.4. The van der Waals surface area contributed by atoms with Crippen LogP contribution in [-0.2, 0) is 17.1 Å². The van der Waals surface area contributed by atoms with Crippen LogP contribution in [0.5, 0.6) is 5.75 Å². The Hall–Kier alpha value is -2.50. The zero-order valence-electron chi connectivity index (χ0n) is 16.2. The van der Waals surface area contributed by atoms with Gasteiger partial charge in [0.15, 0.2) is 23.1 Å². The van der Waals surface area contributed by atoms with Crippen molar-refractivity contribution in [3.8, 4) is 5.75 Å². The van der Waals surface area contributed by atoms with Gasteiger partial charge in [-0.1, -0.05) is 0 Å². The van der Waals surface area contributed by atoms with Crippen LogP contribution in [0.3, 0.4) is 0 Å². The number of hydrogen-bond donors (Lipinski definition) is 3. The Balaban J connectivity index is 1.62. The molecule has 0 radical (unpaired) electrons. The number of carbonyl (C=O) groups is 1. The highest BCUT2D eigenvalue weighted by Crippen LogP contribution is 2.34. The molecule has 11 heteroatoms. The molecule has 3 heterocycles. The molecule has 0 saturated carbocycles. The lowest BCUT2D eigenvalue weighted by Crippen LogP contribution is -2.46. The molecule has 30 heavy (non-hydrogen) atoms. The number of sulfonamides is 1. The highest BCUT2D eigenvalue weighted by atomic mass is 32.2. The quantitative estimate of drug-likeness (QED) is 0.673. The fourth-order valence-electron chi connectivity index (χ4n) is 3.88. The average Bonchev–Trinajstić information content (AvgIpc) is 2.99. The van der Waals surface area contributed by atoms with Crippen LogP contribution < -0.4 is 20.1 Å². The molecule has 2 aliphatic rings. The molecule has 1 aromatic heterocycles. The summed E-state index contributed by atoms with van der Waals surface area (Å²) in [5.74, 6) is -2.77. The summed E-state index contributed by atoms with van der Waals surface area (Å²) in [6, 6.07) is 2.55. The maximum Gasteiger partial charge on any atom is 0.276 e. The van der Waals surface area contributed by atoms with Gasteiger partial charge in [-0.05, 0) is 44.0 Å². The third kappa shape index (κ3) is 3.92. The summed E-state index contributed by atoms with van der Waals surface area (Å²) in [6.45, 7) is 1.70. The Morgan fingerprint density at radius 1 is 1.23 bits per heavy atom. The van der Waals surface area contributed by atoms with E-state index in [0.717, 1.165) is 38.1 Å². The van der Waals surface area contributed by atoms with E-state index in [1.165, 1.54) is 23.9 Å². The maximum atomic E-state index is 13.5. The first-order valence-corrected chi connectivity index (χ1v) is 11.1. The van der Waals surface area contributed by atoms with Crippen LogP contribution in [0.25, 0.3) is 0 Å². The van der Waals surface area contributed by atoms with Crippen LogP contribution >= 0.6 is 0 Å². The van der Waals surface area contributed by atoms with Crippen LogP contribution in [0.2, 0.25) is 0 Å². The molecule has 0 spiro atoms. The van der Waals surface area contributed by atoms with E-state index in [4.69, 9.17) is 4.74 Å². The van der Waals surface area contributed by atoms with Crippen LogP contribution in [0.4, 0.5) is 14.5 Å². The van der Waals surface area contributed by atoms with E-state index in [1.54, 1.807) is 0 Å². The van der Waals surface area contributed by atoms with Gasteiger partial charge in [-0.15, -0.1) is 0 Å². The largest absolute Gasteiger partial charge is 0.488 e. The first kappa shape index (κ1) is 20.8. The molecule has 1 saturated heterocycles. The molecule has 8 nitrogen and oxygen atoms in total. The molecule has 4 rings (SSSR count). The average molecular weight is 440 g/mol. The predicted octanol–water partition coefficient (Wildman–Crippen LogP) is 1.59. The lowest BCUT2D eigenvalue weighted by molar-refractivity contribution is 0.101. The molecule has 1 atom stereocenters. The SMILES string of the molecule is Cn1cc2c(c1C(=O)Nc1ccc(F)c(F)c1)OCC(C1CCNCC1)NS2(=O)=O. The minimum Gasteiger partial charge on any atom is -0.488 e. The first-order chi connectivity index (χ1) is 14.3. The van der Waals surface area contributed by atoms with Crippen molar-refractivity contribution in [1.82, 2.24) is 14.6 Å². The molecule has 2 aliphatic heterocycles. The number of amides is 1. The number of nitrogens with zero attached hydrogens (tertiary/aromatic N) is 1. The number of anilines is 1. The summed E-state index contributed by atoms with van der Waals surface area (Å²) in [5.41, 5.74) is 0.0158. The molecule has 2 aromatic rings. The molecule has 1 unspecified atom stereocenters. The standard InChI is InChI=1S/C19H22F2N4O4S/c1-25-9-16-18(17(25)19(26)23-12-2-3-13(20)14(21)8-12)29-10-15(24-30(16,27)28)11-4-6-22-7-5-11/h2-3,8-9,11,15,22,24H,4-7,10H2,1H3,(H,23,26). The third-order valence-corrected chi connectivity index (χ3v) is 6.93. The van der Waals surface area contributed by atoms with Gasteiger partial charge < -0.3 is 19.9 Å². The van der Waals surface area contributed by atoms with Crippen molar-refractivity contribution in [3.63, 3.8) is 0 Å². The van der Waals surface area contributed by atoms with Crippen molar-refractivity contribution in [2.45, 2.75) is 23.8 Å². The third-order valence-electron chi connectivity index (χ3n) is 5.45. The number of hydrogen-bond acceptors (Lipinski definition) is 5. The van der Waals surface area contributed by atoms with Gasteiger partial charge >= 0.3 is 0 Å². The first-order valence-electron chi connectivity index (χ1n) is 9.58. The Morgan fingerprint density at radius 2 is 1.97 bits per heavy atom. The summed E-state index contributed by atoms with van der Waals surface area (Å²) in [6.07, 6.45) is 2.94. The summed E-state index contributed by atoms with van der Waals surface area (Å²) in [4.78, 5) is 12.7.